The first kappa shape index (κ1) is 27.0. The molecule has 6 rings (SSSR count). The Kier molecular flexibility index (Phi) is 7.54. The van der Waals surface area contributed by atoms with Crippen LogP contribution in [0.15, 0.2) is 90.8 Å². The number of anilines is 1. The zero-order chi connectivity index (χ0) is 29.1. The molecular weight excluding hydrogens is 550 g/mol. The summed E-state index contributed by atoms with van der Waals surface area (Å²) in [6, 6.07) is 26.2. The summed E-state index contributed by atoms with van der Waals surface area (Å²) < 4.78 is 7.77. The lowest BCUT2D eigenvalue weighted by molar-refractivity contribution is -0.128. The number of nitrogens with two attached hydrogens (primary N) is 1. The van der Waals surface area contributed by atoms with Crippen LogP contribution in [-0.2, 0) is 4.79 Å². The summed E-state index contributed by atoms with van der Waals surface area (Å²) >= 11 is 6.27. The quantitative estimate of drug-likeness (QED) is 0.186. The third kappa shape index (κ3) is 5.40. The lowest BCUT2D eigenvalue weighted by Crippen LogP contribution is -2.41. The summed E-state index contributed by atoms with van der Waals surface area (Å²) in [5.74, 6) is 1.42. The van der Waals surface area contributed by atoms with Crippen molar-refractivity contribution in [2.45, 2.75) is 18.9 Å². The van der Waals surface area contributed by atoms with Gasteiger partial charge < -0.3 is 15.4 Å². The summed E-state index contributed by atoms with van der Waals surface area (Å²) in [4.78, 5) is 23.9. The van der Waals surface area contributed by atoms with Gasteiger partial charge in [0.05, 0.1) is 11.4 Å². The molecule has 0 saturated carbocycles. The monoisotopic (exact) mass is 575 g/mol. The molecule has 1 unspecified atom stereocenters. The topological polar surface area (TPSA) is 123 Å². The number of fused-ring (bicyclic) bond motifs is 1. The maximum atomic E-state index is 13.4. The highest BCUT2D eigenvalue weighted by Crippen LogP contribution is 2.35. The van der Waals surface area contributed by atoms with Crippen LogP contribution in [0.2, 0.25) is 5.02 Å². The Morgan fingerprint density at radius 3 is 2.52 bits per heavy atom. The standard InChI is InChI=1S/C32H26ClN7O2/c33-27-11-5-4-7-22(27)17-23(18-34)32(41)39-16-6-8-24(19-39)40-31-28(30(35)36-20-37-31)29(38-40)21-12-14-26(15-13-21)42-25-9-2-1-3-10-25/h1-5,7,9-15,17,20,24H,6,8,16,19H2,(H2,35,36,37)/b23-17+. The average molecular weight is 576 g/mol. The molecule has 42 heavy (non-hydrogen) atoms. The van der Waals surface area contributed by atoms with Gasteiger partial charge in [0.15, 0.2) is 5.65 Å². The number of nitrogen functional groups attached to an aromatic ring is 1. The van der Waals surface area contributed by atoms with Crippen LogP contribution < -0.4 is 10.5 Å². The summed E-state index contributed by atoms with van der Waals surface area (Å²) in [5, 5.41) is 15.9. The second-order valence-electron chi connectivity index (χ2n) is 9.93. The van der Waals surface area contributed by atoms with Gasteiger partial charge in [0.2, 0.25) is 0 Å². The first-order chi connectivity index (χ1) is 20.5. The smallest absolute Gasteiger partial charge is 0.264 e. The van der Waals surface area contributed by atoms with Crippen molar-refractivity contribution >= 4 is 40.4 Å². The lowest BCUT2D eigenvalue weighted by Gasteiger charge is -2.32. The molecule has 9 nitrogen and oxygen atoms in total. The molecule has 2 N–H and O–H groups in total. The number of amides is 1. The van der Waals surface area contributed by atoms with Crippen LogP contribution in [0.3, 0.4) is 0 Å². The molecule has 0 radical (unpaired) electrons. The van der Waals surface area contributed by atoms with Gasteiger partial charge in [0, 0.05) is 23.7 Å². The van der Waals surface area contributed by atoms with E-state index in [2.05, 4.69) is 16.0 Å². The van der Waals surface area contributed by atoms with Crippen molar-refractivity contribution in [2.75, 3.05) is 18.8 Å². The molecule has 0 aliphatic carbocycles. The number of rotatable bonds is 6. The molecular formula is C32H26ClN7O2. The van der Waals surface area contributed by atoms with E-state index in [-0.39, 0.29) is 17.5 Å². The van der Waals surface area contributed by atoms with Crippen molar-refractivity contribution in [3.63, 3.8) is 0 Å². The molecule has 1 aliphatic rings. The van der Waals surface area contributed by atoms with Gasteiger partial charge in [-0.25, -0.2) is 14.6 Å². The highest BCUT2D eigenvalue weighted by molar-refractivity contribution is 6.32. The van der Waals surface area contributed by atoms with Gasteiger partial charge >= 0.3 is 0 Å². The van der Waals surface area contributed by atoms with E-state index < -0.39 is 0 Å². The number of hydrogen-bond donors (Lipinski definition) is 1. The molecule has 10 heteroatoms. The van der Waals surface area contributed by atoms with E-state index in [0.29, 0.717) is 52.0 Å². The van der Waals surface area contributed by atoms with Gasteiger partial charge in [-0.2, -0.15) is 10.4 Å². The Morgan fingerprint density at radius 1 is 1.02 bits per heavy atom. The van der Waals surface area contributed by atoms with Crippen LogP contribution in [0.4, 0.5) is 5.82 Å². The third-order valence-electron chi connectivity index (χ3n) is 7.21. The van der Waals surface area contributed by atoms with Crippen molar-refractivity contribution in [1.29, 1.82) is 5.26 Å². The Bertz CT molecular complexity index is 1830. The zero-order valence-corrected chi connectivity index (χ0v) is 23.3. The molecule has 1 atom stereocenters. The molecule has 3 aromatic carbocycles. The highest BCUT2D eigenvalue weighted by atomic mass is 35.5. The summed E-state index contributed by atoms with van der Waals surface area (Å²) in [5.41, 5.74) is 9.06. The van der Waals surface area contributed by atoms with E-state index in [1.54, 1.807) is 23.1 Å². The van der Waals surface area contributed by atoms with Gasteiger partial charge in [0.25, 0.3) is 5.91 Å². The first-order valence-electron chi connectivity index (χ1n) is 13.5. The fraction of sp³-hybridized carbons (Fsp3) is 0.156. The summed E-state index contributed by atoms with van der Waals surface area (Å²) in [6.07, 6.45) is 4.48. The number of carbonyl (C=O) groups excluding carboxylic acids is 1. The van der Waals surface area contributed by atoms with E-state index in [4.69, 9.17) is 27.2 Å². The second kappa shape index (κ2) is 11.7. The maximum absolute atomic E-state index is 13.4. The molecule has 1 fully saturated rings. The number of carbonyl (C=O) groups is 1. The van der Waals surface area contributed by atoms with Crippen LogP contribution >= 0.6 is 11.6 Å². The number of ether oxygens (including phenoxy) is 1. The second-order valence-corrected chi connectivity index (χ2v) is 10.3. The van der Waals surface area contributed by atoms with Crippen molar-refractivity contribution in [3.05, 3.63) is 101 Å². The van der Waals surface area contributed by atoms with Crippen LogP contribution in [-0.4, -0.2) is 43.6 Å². The highest BCUT2D eigenvalue weighted by Gasteiger charge is 2.30. The number of para-hydroxylation sites is 1. The van der Waals surface area contributed by atoms with Gasteiger partial charge in [0.1, 0.15) is 41.0 Å². The minimum atomic E-state index is -0.345. The normalized spacial score (nSPS) is 15.4. The number of piperidine rings is 1. The van der Waals surface area contributed by atoms with E-state index in [1.807, 2.05) is 65.3 Å². The number of hydrogen-bond acceptors (Lipinski definition) is 7. The van der Waals surface area contributed by atoms with E-state index in [9.17, 15) is 10.1 Å². The SMILES string of the molecule is N#C/C(=C\c1ccccc1Cl)C(=O)N1CCCC(n2nc(-c3ccc(Oc4ccccc4)cc3)c3c(N)ncnc32)C1. The molecule has 1 saturated heterocycles. The van der Waals surface area contributed by atoms with Gasteiger partial charge in [-0.1, -0.05) is 48.0 Å². The Hall–Kier alpha value is -5.20. The lowest BCUT2D eigenvalue weighted by atomic mass is 10.0. The largest absolute Gasteiger partial charge is 0.457 e. The summed E-state index contributed by atoms with van der Waals surface area (Å²) in [7, 11) is 0. The van der Waals surface area contributed by atoms with E-state index in [0.717, 1.165) is 24.2 Å². The average Bonchev–Trinajstić information content (AvgIpc) is 3.42. The zero-order valence-electron chi connectivity index (χ0n) is 22.5. The predicted octanol–water partition coefficient (Wildman–Crippen LogP) is 6.29. The van der Waals surface area contributed by atoms with Crippen LogP contribution in [0.25, 0.3) is 28.4 Å². The molecule has 0 spiro atoms. The Balaban J connectivity index is 1.29. The van der Waals surface area contributed by atoms with Crippen molar-refractivity contribution < 1.29 is 9.53 Å². The van der Waals surface area contributed by atoms with E-state index >= 15 is 0 Å². The number of halogens is 1. The molecule has 1 aliphatic heterocycles. The van der Waals surface area contributed by atoms with Crippen LogP contribution in [0.5, 0.6) is 11.5 Å². The molecule has 3 heterocycles. The number of aromatic nitrogens is 4. The molecule has 208 valence electrons. The minimum Gasteiger partial charge on any atom is -0.457 e. The van der Waals surface area contributed by atoms with Crippen LogP contribution in [0, 0.1) is 11.3 Å². The van der Waals surface area contributed by atoms with Crippen LogP contribution in [0.1, 0.15) is 24.4 Å². The van der Waals surface area contributed by atoms with Crippen molar-refractivity contribution in [3.8, 4) is 28.8 Å². The fourth-order valence-corrected chi connectivity index (χ4v) is 5.35. The van der Waals surface area contributed by atoms with Crippen molar-refractivity contribution in [2.24, 2.45) is 0 Å². The number of nitrogens with zero attached hydrogens (tertiary/aromatic N) is 6. The van der Waals surface area contributed by atoms with Gasteiger partial charge in [-0.3, -0.25) is 4.79 Å². The first-order valence-corrected chi connectivity index (χ1v) is 13.9. The third-order valence-corrected chi connectivity index (χ3v) is 7.55. The summed E-state index contributed by atoms with van der Waals surface area (Å²) in [6.45, 7) is 0.896. The maximum Gasteiger partial charge on any atom is 0.264 e. The minimum absolute atomic E-state index is 0.0270. The van der Waals surface area contributed by atoms with E-state index in [1.165, 1.54) is 12.4 Å². The van der Waals surface area contributed by atoms with Gasteiger partial charge in [-0.15, -0.1) is 0 Å². The number of nitriles is 1. The molecule has 0 bridgehead atoms. The number of benzene rings is 3. The Labute approximate surface area is 247 Å². The van der Waals surface area contributed by atoms with Crippen molar-refractivity contribution in [1.82, 2.24) is 24.6 Å². The number of likely N-dealkylation sites (tertiary alicyclic amines) is 1. The Morgan fingerprint density at radius 2 is 1.76 bits per heavy atom. The predicted molar refractivity (Wildman–Crippen MR) is 162 cm³/mol. The fourth-order valence-electron chi connectivity index (χ4n) is 5.16. The van der Waals surface area contributed by atoms with Gasteiger partial charge in [-0.05, 0) is 66.9 Å². The molecule has 1 amide bonds. The molecule has 5 aromatic rings. The molecule has 2 aromatic heterocycles.